The predicted molar refractivity (Wildman–Crippen MR) is 86.6 cm³/mol. The molecule has 0 aliphatic carbocycles. The molecule has 0 saturated carbocycles. The fourth-order valence-electron chi connectivity index (χ4n) is 1.93. The summed E-state index contributed by atoms with van der Waals surface area (Å²) in [5.41, 5.74) is 3.01. The number of fused-ring (bicyclic) bond motifs is 1. The lowest BCUT2D eigenvalue weighted by atomic mass is 10.1. The smallest absolute Gasteiger partial charge is 0.241 e. The molecule has 2 rings (SSSR count). The molecule has 0 unspecified atom stereocenters. The van der Waals surface area contributed by atoms with Crippen LogP contribution in [0.3, 0.4) is 0 Å². The Labute approximate surface area is 128 Å². The maximum atomic E-state index is 11.8. The van der Waals surface area contributed by atoms with E-state index >= 15 is 0 Å². The van der Waals surface area contributed by atoms with Crippen LogP contribution < -0.4 is 5.32 Å². The minimum atomic E-state index is -3.40. The van der Waals surface area contributed by atoms with Gasteiger partial charge in [0, 0.05) is 0 Å². The minimum Gasteiger partial charge on any atom is -0.301 e. The first-order valence-electron chi connectivity index (χ1n) is 6.58. The van der Waals surface area contributed by atoms with Crippen LogP contribution >= 0.6 is 11.3 Å². The van der Waals surface area contributed by atoms with E-state index < -0.39 is 26.7 Å². The van der Waals surface area contributed by atoms with Gasteiger partial charge in [0.05, 0.1) is 15.5 Å². The van der Waals surface area contributed by atoms with Crippen molar-refractivity contribution in [1.29, 1.82) is 0 Å². The Hall–Kier alpha value is -1.47. The summed E-state index contributed by atoms with van der Waals surface area (Å²) in [7, 11) is -3.40. The van der Waals surface area contributed by atoms with Gasteiger partial charge in [-0.2, -0.15) is 0 Å². The minimum absolute atomic E-state index is 0.433. The van der Waals surface area contributed by atoms with Crippen molar-refractivity contribution in [2.75, 3.05) is 11.1 Å². The highest BCUT2D eigenvalue weighted by Crippen LogP contribution is 2.29. The summed E-state index contributed by atoms with van der Waals surface area (Å²) < 4.78 is 24.4. The first kappa shape index (κ1) is 15.9. The molecule has 1 aromatic heterocycles. The van der Waals surface area contributed by atoms with Gasteiger partial charge in [-0.05, 0) is 44.9 Å². The van der Waals surface area contributed by atoms with Crippen LogP contribution in [0.5, 0.6) is 0 Å². The summed E-state index contributed by atoms with van der Waals surface area (Å²) >= 11 is 1.35. The van der Waals surface area contributed by atoms with Crippen LogP contribution in [0.25, 0.3) is 10.2 Å². The van der Waals surface area contributed by atoms with Gasteiger partial charge in [0.25, 0.3) is 0 Å². The molecule has 2 aromatic rings. The van der Waals surface area contributed by atoms with Gasteiger partial charge in [-0.15, -0.1) is 0 Å². The predicted octanol–water partition coefficient (Wildman–Crippen LogP) is 2.67. The van der Waals surface area contributed by atoms with E-state index in [1.54, 1.807) is 13.8 Å². The van der Waals surface area contributed by atoms with Crippen molar-refractivity contribution in [1.82, 2.24) is 4.98 Å². The molecule has 0 fully saturated rings. The van der Waals surface area contributed by atoms with Gasteiger partial charge < -0.3 is 5.32 Å². The molecule has 1 N–H and O–H groups in total. The van der Waals surface area contributed by atoms with E-state index in [9.17, 15) is 13.2 Å². The van der Waals surface area contributed by atoms with Crippen LogP contribution in [0.15, 0.2) is 12.1 Å². The van der Waals surface area contributed by atoms with E-state index in [0.29, 0.717) is 5.13 Å². The lowest BCUT2D eigenvalue weighted by molar-refractivity contribution is -0.113. The summed E-state index contributed by atoms with van der Waals surface area (Å²) in [5.74, 6) is -1.06. The molecule has 1 heterocycles. The number of nitrogens with one attached hydrogen (secondary N) is 1. The van der Waals surface area contributed by atoms with Crippen molar-refractivity contribution in [3.63, 3.8) is 0 Å². The molecule has 0 radical (unpaired) electrons. The molecule has 0 bridgehead atoms. The zero-order valence-electron chi connectivity index (χ0n) is 12.4. The number of aryl methyl sites for hydroxylation is 2. The van der Waals surface area contributed by atoms with Gasteiger partial charge in [-0.1, -0.05) is 17.4 Å². The number of aromatic nitrogens is 1. The highest BCUT2D eigenvalue weighted by atomic mass is 32.2. The van der Waals surface area contributed by atoms with Gasteiger partial charge in [0.15, 0.2) is 15.0 Å². The molecule has 0 saturated heterocycles. The largest absolute Gasteiger partial charge is 0.301 e. The Morgan fingerprint density at radius 3 is 2.62 bits per heavy atom. The number of hydrogen-bond acceptors (Lipinski definition) is 5. The standard InChI is InChI=1S/C14H18N2O3S2/c1-8(2)21(18,19)7-12(17)15-14-16-13-10(4)5-9(3)6-11(13)20-14/h5-6,8H,7H2,1-4H3,(H,15,16,17). The van der Waals surface area contributed by atoms with Gasteiger partial charge in [0.2, 0.25) is 5.91 Å². The lowest BCUT2D eigenvalue weighted by Crippen LogP contribution is -2.27. The SMILES string of the molecule is Cc1cc(C)c2nc(NC(=O)CS(=O)(=O)C(C)C)sc2c1. The second-order valence-electron chi connectivity index (χ2n) is 5.35. The number of hydrogen-bond donors (Lipinski definition) is 1. The Balaban J connectivity index is 2.21. The zero-order valence-corrected chi connectivity index (χ0v) is 14.1. The van der Waals surface area contributed by atoms with Crippen molar-refractivity contribution in [2.45, 2.75) is 32.9 Å². The van der Waals surface area contributed by atoms with E-state index in [4.69, 9.17) is 0 Å². The first-order valence-corrected chi connectivity index (χ1v) is 9.11. The number of benzene rings is 1. The topological polar surface area (TPSA) is 76.1 Å². The number of anilines is 1. The monoisotopic (exact) mass is 326 g/mol. The van der Waals surface area contributed by atoms with E-state index in [0.717, 1.165) is 21.3 Å². The normalized spacial score (nSPS) is 12.0. The molecule has 0 atom stereocenters. The average Bonchev–Trinajstić information content (AvgIpc) is 2.70. The molecule has 1 amide bonds. The molecule has 21 heavy (non-hydrogen) atoms. The van der Waals surface area contributed by atoms with E-state index in [2.05, 4.69) is 10.3 Å². The molecule has 0 aliphatic rings. The van der Waals surface area contributed by atoms with Crippen molar-refractivity contribution in [3.05, 3.63) is 23.3 Å². The van der Waals surface area contributed by atoms with Crippen molar-refractivity contribution < 1.29 is 13.2 Å². The number of carbonyl (C=O) groups excluding carboxylic acids is 1. The summed E-state index contributed by atoms with van der Waals surface area (Å²) in [6.45, 7) is 7.09. The number of thiazole rings is 1. The third kappa shape index (κ3) is 3.59. The maximum Gasteiger partial charge on any atom is 0.241 e. The van der Waals surface area contributed by atoms with Gasteiger partial charge >= 0.3 is 0 Å². The summed E-state index contributed by atoms with van der Waals surface area (Å²) in [5, 5.41) is 2.45. The Morgan fingerprint density at radius 1 is 1.33 bits per heavy atom. The number of carbonyl (C=O) groups is 1. The molecule has 0 aliphatic heterocycles. The average molecular weight is 326 g/mol. The van der Waals surface area contributed by atoms with Crippen LogP contribution in [-0.2, 0) is 14.6 Å². The van der Waals surface area contributed by atoms with E-state index in [1.165, 1.54) is 11.3 Å². The molecule has 5 nitrogen and oxygen atoms in total. The van der Waals surface area contributed by atoms with E-state index in [1.807, 2.05) is 26.0 Å². The second-order valence-corrected chi connectivity index (χ2v) is 8.94. The van der Waals surface area contributed by atoms with Crippen molar-refractivity contribution in [2.24, 2.45) is 0 Å². The Kier molecular flexibility index (Phi) is 4.34. The number of amides is 1. The molecule has 7 heteroatoms. The molecular formula is C14H18N2O3S2. The molecular weight excluding hydrogens is 308 g/mol. The number of nitrogens with zero attached hydrogens (tertiary/aromatic N) is 1. The Morgan fingerprint density at radius 2 is 2.00 bits per heavy atom. The molecule has 0 spiro atoms. The van der Waals surface area contributed by atoms with Crippen LogP contribution in [0.4, 0.5) is 5.13 Å². The number of sulfone groups is 1. The Bertz CT molecular complexity index is 792. The second kappa shape index (κ2) is 5.73. The summed E-state index contributed by atoms with van der Waals surface area (Å²) in [4.78, 5) is 16.2. The highest BCUT2D eigenvalue weighted by molar-refractivity contribution is 7.92. The van der Waals surface area contributed by atoms with Gasteiger partial charge in [-0.25, -0.2) is 13.4 Å². The van der Waals surface area contributed by atoms with Crippen molar-refractivity contribution >= 4 is 42.4 Å². The summed E-state index contributed by atoms with van der Waals surface area (Å²) in [6.07, 6.45) is 0. The fraction of sp³-hybridized carbons (Fsp3) is 0.429. The highest BCUT2D eigenvalue weighted by Gasteiger charge is 2.21. The third-order valence-corrected chi connectivity index (χ3v) is 6.15. The van der Waals surface area contributed by atoms with Crippen LogP contribution in [-0.4, -0.2) is 30.3 Å². The van der Waals surface area contributed by atoms with Gasteiger partial charge in [0.1, 0.15) is 5.75 Å². The zero-order chi connectivity index (χ0) is 15.8. The maximum absolute atomic E-state index is 11.8. The summed E-state index contributed by atoms with van der Waals surface area (Å²) in [6, 6.07) is 4.03. The van der Waals surface area contributed by atoms with Crippen LogP contribution in [0.1, 0.15) is 25.0 Å². The third-order valence-electron chi connectivity index (χ3n) is 3.13. The van der Waals surface area contributed by atoms with Crippen molar-refractivity contribution in [3.8, 4) is 0 Å². The lowest BCUT2D eigenvalue weighted by Gasteiger charge is -2.06. The molecule has 114 valence electrons. The van der Waals surface area contributed by atoms with Crippen LogP contribution in [0.2, 0.25) is 0 Å². The molecule has 1 aromatic carbocycles. The van der Waals surface area contributed by atoms with Gasteiger partial charge in [-0.3, -0.25) is 4.79 Å². The van der Waals surface area contributed by atoms with Crippen LogP contribution in [0, 0.1) is 13.8 Å². The first-order chi connectivity index (χ1) is 9.69. The number of rotatable bonds is 4. The fourth-order valence-corrected chi connectivity index (χ4v) is 3.76. The quantitative estimate of drug-likeness (QED) is 0.937. The van der Waals surface area contributed by atoms with E-state index in [-0.39, 0.29) is 0 Å².